The molecule has 1 fully saturated rings. The van der Waals surface area contributed by atoms with Gasteiger partial charge >= 0.3 is 12.1 Å². The third-order valence-corrected chi connectivity index (χ3v) is 14.1. The molecule has 4 N–H and O–H groups in total. The van der Waals surface area contributed by atoms with Crippen molar-refractivity contribution >= 4 is 51.2 Å². The monoisotopic (exact) mass is 996 g/mol. The number of sulfonamides is 1. The van der Waals surface area contributed by atoms with E-state index in [0.717, 1.165) is 24.3 Å². The van der Waals surface area contributed by atoms with E-state index < -0.39 is 87.2 Å². The number of nitrogens with one attached hydrogen (secondary N) is 4. The molecule has 3 rings (SSSR count). The standard InChI is InChI=1S/C48H72F3N7O10S/c1-13-30(6)41(57(10)46(63)39(28(2)3)54-45(62)40(29(4)5)56(8)9)37(67-11)27-38(59)58-25-17-20-36(58)42(68-12)31(7)43(60)53-35(26-32-18-15-14-16-19-32)44(61)55-69(65,66)34-23-21-33(22-24-34)52-47(64)48(49,50)51/h14-16,18-19,21-24,28-31,35-37,39-42H,13,17,20,25-27H2,1-12H3,(H,52,64)(H,53,60)(H,54,62)(H,55,61)/t30-,31+,35-,36?,37+,39-,40-,41-,42+/m0/s1. The van der Waals surface area contributed by atoms with Gasteiger partial charge in [-0.25, -0.2) is 13.1 Å². The number of carbonyl (C=O) groups is 6. The van der Waals surface area contributed by atoms with Gasteiger partial charge in [0.05, 0.1) is 47.6 Å². The fourth-order valence-electron chi connectivity index (χ4n) is 8.96. The Labute approximate surface area is 405 Å². The van der Waals surface area contributed by atoms with Crippen LogP contribution < -0.4 is 20.7 Å². The number of rotatable bonds is 24. The fraction of sp³-hybridized carbons (Fsp3) is 0.625. The second-order valence-electron chi connectivity index (χ2n) is 18.7. The van der Waals surface area contributed by atoms with Gasteiger partial charge in [-0.15, -0.1) is 0 Å². The molecule has 0 aliphatic carbocycles. The summed E-state index contributed by atoms with van der Waals surface area (Å²) < 4.78 is 78.8. The van der Waals surface area contributed by atoms with Crippen molar-refractivity contribution in [1.29, 1.82) is 0 Å². The van der Waals surface area contributed by atoms with E-state index in [1.807, 2.05) is 65.3 Å². The molecule has 69 heavy (non-hydrogen) atoms. The number of hydrogen-bond donors (Lipinski definition) is 4. The number of alkyl halides is 3. The zero-order valence-electron chi connectivity index (χ0n) is 41.8. The molecule has 21 heteroatoms. The summed E-state index contributed by atoms with van der Waals surface area (Å²) in [6.45, 7) is 13.5. The van der Waals surface area contributed by atoms with Crippen LogP contribution in [0.3, 0.4) is 0 Å². The highest BCUT2D eigenvalue weighted by Crippen LogP contribution is 2.30. The average Bonchev–Trinajstić information content (AvgIpc) is 3.77. The number of nitrogens with zero attached hydrogens (tertiary/aromatic N) is 3. The third-order valence-electron chi connectivity index (χ3n) is 12.8. The largest absolute Gasteiger partial charge is 0.471 e. The molecule has 386 valence electrons. The lowest BCUT2D eigenvalue weighted by Gasteiger charge is -2.41. The van der Waals surface area contributed by atoms with Crippen LogP contribution in [-0.2, 0) is 54.7 Å². The van der Waals surface area contributed by atoms with Gasteiger partial charge in [-0.2, -0.15) is 13.2 Å². The van der Waals surface area contributed by atoms with E-state index in [-0.39, 0.29) is 54.0 Å². The van der Waals surface area contributed by atoms with Crippen LogP contribution in [0.4, 0.5) is 18.9 Å². The summed E-state index contributed by atoms with van der Waals surface area (Å²) in [5.41, 5.74) is 0.237. The number of likely N-dealkylation sites (tertiary alicyclic amines) is 1. The van der Waals surface area contributed by atoms with Crippen molar-refractivity contribution in [2.24, 2.45) is 23.7 Å². The summed E-state index contributed by atoms with van der Waals surface area (Å²) in [7, 11) is 3.53. The van der Waals surface area contributed by atoms with Gasteiger partial charge in [0.15, 0.2) is 0 Å². The molecule has 1 unspecified atom stereocenters. The van der Waals surface area contributed by atoms with Crippen LogP contribution in [-0.4, -0.2) is 149 Å². The summed E-state index contributed by atoms with van der Waals surface area (Å²) in [6, 6.07) is 8.22. The number of ether oxygens (including phenoxy) is 2. The van der Waals surface area contributed by atoms with Crippen molar-refractivity contribution < 1.29 is 59.8 Å². The van der Waals surface area contributed by atoms with Crippen molar-refractivity contribution in [3.63, 3.8) is 0 Å². The highest BCUT2D eigenvalue weighted by Gasteiger charge is 2.44. The molecule has 1 aliphatic heterocycles. The Morgan fingerprint density at radius 1 is 0.826 bits per heavy atom. The van der Waals surface area contributed by atoms with Gasteiger partial charge in [-0.05, 0) is 74.5 Å². The molecule has 1 heterocycles. The highest BCUT2D eigenvalue weighted by atomic mass is 32.2. The maximum atomic E-state index is 14.4. The Balaban J connectivity index is 1.84. The Bertz CT molecular complexity index is 2150. The number of halogens is 3. The molecule has 1 saturated heterocycles. The molecule has 2 aromatic carbocycles. The first kappa shape index (κ1) is 58.2. The number of benzene rings is 2. The van der Waals surface area contributed by atoms with Crippen LogP contribution in [0.2, 0.25) is 0 Å². The summed E-state index contributed by atoms with van der Waals surface area (Å²) in [5, 5.41) is 7.28. The van der Waals surface area contributed by atoms with Crippen molar-refractivity contribution in [2.75, 3.05) is 47.2 Å². The molecule has 6 amide bonds. The molecule has 0 radical (unpaired) electrons. The first-order chi connectivity index (χ1) is 32.2. The first-order valence-corrected chi connectivity index (χ1v) is 24.7. The van der Waals surface area contributed by atoms with Crippen LogP contribution in [0.15, 0.2) is 59.5 Å². The van der Waals surface area contributed by atoms with Crippen LogP contribution in [0, 0.1) is 23.7 Å². The quantitative estimate of drug-likeness (QED) is 0.116. The second kappa shape index (κ2) is 25.7. The summed E-state index contributed by atoms with van der Waals surface area (Å²) in [5.74, 6) is -6.32. The third kappa shape index (κ3) is 15.7. The van der Waals surface area contributed by atoms with Gasteiger partial charge in [-0.3, -0.25) is 33.7 Å². The minimum absolute atomic E-state index is 0.0175. The topological polar surface area (TPSA) is 213 Å². The van der Waals surface area contributed by atoms with Crippen LogP contribution in [0.25, 0.3) is 0 Å². The van der Waals surface area contributed by atoms with Crippen LogP contribution >= 0.6 is 0 Å². The van der Waals surface area contributed by atoms with Crippen molar-refractivity contribution in [3.8, 4) is 0 Å². The Morgan fingerprint density at radius 3 is 1.94 bits per heavy atom. The zero-order chi connectivity index (χ0) is 52.1. The van der Waals surface area contributed by atoms with Gasteiger partial charge in [0.1, 0.15) is 12.1 Å². The first-order valence-electron chi connectivity index (χ1n) is 23.2. The van der Waals surface area contributed by atoms with Gasteiger partial charge in [0.2, 0.25) is 23.6 Å². The normalized spacial score (nSPS) is 17.8. The summed E-state index contributed by atoms with van der Waals surface area (Å²) >= 11 is 0. The SMILES string of the molecule is CC[C@H](C)[C@@H]([C@@H](CC(=O)N1CCCC1[C@H](OC)[C@@H](C)C(=O)N[C@@H](Cc1ccccc1)C(=O)NS(=O)(=O)c1ccc(NC(=O)C(F)(F)F)cc1)OC)N(C)C(=O)[C@@H](NC(=O)[C@H](C(C)C)N(C)C)C(C)C. The minimum Gasteiger partial charge on any atom is -0.379 e. The van der Waals surface area contributed by atoms with E-state index in [4.69, 9.17) is 9.47 Å². The van der Waals surface area contributed by atoms with E-state index in [9.17, 15) is 50.4 Å². The predicted octanol–water partition coefficient (Wildman–Crippen LogP) is 4.37. The van der Waals surface area contributed by atoms with E-state index in [1.54, 1.807) is 59.4 Å². The number of methoxy groups -OCH3 is 2. The summed E-state index contributed by atoms with van der Waals surface area (Å²) in [6.07, 6.45) is -5.39. The average molecular weight is 996 g/mol. The smallest absolute Gasteiger partial charge is 0.379 e. The number of hydrogen-bond acceptors (Lipinski definition) is 11. The lowest BCUT2D eigenvalue weighted by molar-refractivity contribution is -0.167. The van der Waals surface area contributed by atoms with Gasteiger partial charge < -0.3 is 35.2 Å². The van der Waals surface area contributed by atoms with Gasteiger partial charge in [0.25, 0.3) is 15.9 Å². The van der Waals surface area contributed by atoms with Crippen molar-refractivity contribution in [3.05, 3.63) is 60.2 Å². The zero-order valence-corrected chi connectivity index (χ0v) is 42.6. The van der Waals surface area contributed by atoms with Crippen molar-refractivity contribution in [1.82, 2.24) is 30.1 Å². The fourth-order valence-corrected chi connectivity index (χ4v) is 9.97. The minimum atomic E-state index is -5.18. The number of carbonyl (C=O) groups excluding carboxylic acids is 6. The van der Waals surface area contributed by atoms with E-state index >= 15 is 0 Å². The van der Waals surface area contributed by atoms with E-state index in [2.05, 4.69) is 10.6 Å². The van der Waals surface area contributed by atoms with Crippen LogP contribution in [0.5, 0.6) is 0 Å². The predicted molar refractivity (Wildman–Crippen MR) is 254 cm³/mol. The van der Waals surface area contributed by atoms with E-state index in [0.29, 0.717) is 31.4 Å². The molecule has 1 aliphatic rings. The van der Waals surface area contributed by atoms with E-state index in [1.165, 1.54) is 14.2 Å². The second-order valence-corrected chi connectivity index (χ2v) is 20.4. The molecule has 0 bridgehead atoms. The Kier molecular flexibility index (Phi) is 21.6. The van der Waals surface area contributed by atoms with Crippen molar-refractivity contribution in [2.45, 2.75) is 134 Å². The Hall–Kier alpha value is -5.12. The molecular weight excluding hydrogens is 924 g/mol. The summed E-state index contributed by atoms with van der Waals surface area (Å²) in [4.78, 5) is 86.0. The maximum absolute atomic E-state index is 14.4. The molecule has 0 aromatic heterocycles. The number of anilines is 1. The lowest BCUT2D eigenvalue weighted by Crippen LogP contribution is -2.59. The Morgan fingerprint density at radius 2 is 1.43 bits per heavy atom. The molecule has 0 saturated carbocycles. The van der Waals surface area contributed by atoms with Gasteiger partial charge in [-0.1, -0.05) is 85.2 Å². The lowest BCUT2D eigenvalue weighted by atomic mass is 9.89. The molecule has 17 nitrogen and oxygen atoms in total. The molecule has 9 atom stereocenters. The maximum Gasteiger partial charge on any atom is 0.471 e. The van der Waals surface area contributed by atoms with Gasteiger partial charge in [0, 0.05) is 39.9 Å². The highest BCUT2D eigenvalue weighted by molar-refractivity contribution is 7.90. The molecular formula is C48H72F3N7O10S. The molecule has 2 aromatic rings. The van der Waals surface area contributed by atoms with Crippen LogP contribution in [0.1, 0.15) is 79.7 Å². The number of amides is 6. The molecule has 0 spiro atoms. The number of likely N-dealkylation sites (N-methyl/N-ethyl adjacent to an activating group) is 2.